The van der Waals surface area contributed by atoms with E-state index < -0.39 is 10.0 Å². The molecule has 3 aromatic carbocycles. The minimum atomic E-state index is -3.78. The van der Waals surface area contributed by atoms with Gasteiger partial charge in [-0.05, 0) is 66.2 Å². The molecule has 1 fully saturated rings. The maximum atomic E-state index is 12.7. The SMILES string of the molecule is COc1ccc(NS(=O)(=O)c2ccc(C(=O)Nc3cccc(C4SCCS4)c3)cc2)cc1. The molecule has 1 heterocycles. The van der Waals surface area contributed by atoms with E-state index in [0.717, 1.165) is 17.2 Å². The molecule has 2 N–H and O–H groups in total. The first-order valence-corrected chi connectivity index (χ1v) is 13.4. The topological polar surface area (TPSA) is 84.5 Å². The Balaban J connectivity index is 1.43. The summed E-state index contributed by atoms with van der Waals surface area (Å²) in [5.74, 6) is 2.61. The van der Waals surface area contributed by atoms with Crippen LogP contribution in [0.25, 0.3) is 0 Å². The van der Waals surface area contributed by atoms with Gasteiger partial charge in [-0.3, -0.25) is 9.52 Å². The number of benzene rings is 3. The lowest BCUT2D eigenvalue weighted by Crippen LogP contribution is -2.15. The van der Waals surface area contributed by atoms with Gasteiger partial charge in [-0.25, -0.2) is 8.42 Å². The van der Waals surface area contributed by atoms with Gasteiger partial charge in [-0.2, -0.15) is 0 Å². The Bertz CT molecular complexity index is 1190. The number of anilines is 2. The highest BCUT2D eigenvalue weighted by atomic mass is 32.2. The van der Waals surface area contributed by atoms with E-state index in [0.29, 0.717) is 21.6 Å². The summed E-state index contributed by atoms with van der Waals surface area (Å²) in [6.07, 6.45) is 0. The molecule has 0 saturated carbocycles. The molecule has 1 amide bonds. The van der Waals surface area contributed by atoms with Gasteiger partial charge in [0, 0.05) is 28.4 Å². The molecule has 0 atom stereocenters. The molecular weight excluding hydrogens is 464 g/mol. The smallest absolute Gasteiger partial charge is 0.261 e. The van der Waals surface area contributed by atoms with E-state index in [1.807, 2.05) is 41.7 Å². The van der Waals surface area contributed by atoms with Gasteiger partial charge < -0.3 is 10.1 Å². The molecule has 0 bridgehead atoms. The standard InChI is InChI=1S/C23H22N2O4S3/c1-29-20-9-7-18(8-10-20)25-32(27,28)21-11-5-16(6-12-21)22(26)24-19-4-2-3-17(15-19)23-30-13-14-31-23/h2-12,15,23,25H,13-14H2,1H3,(H,24,26). The van der Waals surface area contributed by atoms with Crippen molar-refractivity contribution in [2.24, 2.45) is 0 Å². The van der Waals surface area contributed by atoms with E-state index in [1.54, 1.807) is 31.4 Å². The highest BCUT2D eigenvalue weighted by molar-refractivity contribution is 8.19. The van der Waals surface area contributed by atoms with Gasteiger partial charge in [-0.1, -0.05) is 12.1 Å². The molecular formula is C23H22N2O4S3. The van der Waals surface area contributed by atoms with Crippen LogP contribution in [0, 0.1) is 0 Å². The molecule has 6 nitrogen and oxygen atoms in total. The molecule has 0 aliphatic carbocycles. The molecule has 3 aromatic rings. The quantitative estimate of drug-likeness (QED) is 0.476. The minimum Gasteiger partial charge on any atom is -0.497 e. The summed E-state index contributed by atoms with van der Waals surface area (Å²) in [7, 11) is -2.23. The molecule has 1 saturated heterocycles. The number of thioether (sulfide) groups is 2. The van der Waals surface area contributed by atoms with Crippen molar-refractivity contribution in [3.05, 3.63) is 83.9 Å². The third kappa shape index (κ3) is 5.40. The van der Waals surface area contributed by atoms with Crippen LogP contribution < -0.4 is 14.8 Å². The Hall–Kier alpha value is -2.62. The summed E-state index contributed by atoms with van der Waals surface area (Å²) in [5.41, 5.74) is 2.70. The second-order valence-corrected chi connectivity index (χ2v) is 11.4. The first-order chi connectivity index (χ1) is 15.4. The van der Waals surface area contributed by atoms with Crippen molar-refractivity contribution < 1.29 is 17.9 Å². The second kappa shape index (κ2) is 9.89. The van der Waals surface area contributed by atoms with Gasteiger partial charge in [0.25, 0.3) is 15.9 Å². The number of methoxy groups -OCH3 is 1. The van der Waals surface area contributed by atoms with E-state index in [9.17, 15) is 13.2 Å². The maximum absolute atomic E-state index is 12.7. The molecule has 0 radical (unpaired) electrons. The first-order valence-electron chi connectivity index (χ1n) is 9.86. The summed E-state index contributed by atoms with van der Waals surface area (Å²) >= 11 is 3.81. The fourth-order valence-electron chi connectivity index (χ4n) is 3.18. The van der Waals surface area contributed by atoms with Crippen molar-refractivity contribution in [1.29, 1.82) is 0 Å². The number of rotatable bonds is 7. The highest BCUT2D eigenvalue weighted by Crippen LogP contribution is 2.45. The number of ether oxygens (including phenoxy) is 1. The highest BCUT2D eigenvalue weighted by Gasteiger charge is 2.19. The van der Waals surface area contributed by atoms with E-state index in [4.69, 9.17) is 4.74 Å². The number of carbonyl (C=O) groups is 1. The average molecular weight is 487 g/mol. The van der Waals surface area contributed by atoms with Crippen molar-refractivity contribution in [2.45, 2.75) is 9.48 Å². The zero-order valence-electron chi connectivity index (χ0n) is 17.3. The normalized spacial score (nSPS) is 14.2. The zero-order chi connectivity index (χ0) is 22.6. The van der Waals surface area contributed by atoms with Crippen LogP contribution in [-0.2, 0) is 10.0 Å². The van der Waals surface area contributed by atoms with E-state index in [1.165, 1.54) is 29.8 Å². The molecule has 4 rings (SSSR count). The van der Waals surface area contributed by atoms with E-state index >= 15 is 0 Å². The van der Waals surface area contributed by atoms with Gasteiger partial charge in [0.1, 0.15) is 5.75 Å². The van der Waals surface area contributed by atoms with Crippen LogP contribution in [0.3, 0.4) is 0 Å². The van der Waals surface area contributed by atoms with Crippen LogP contribution in [0.2, 0.25) is 0 Å². The second-order valence-electron chi connectivity index (χ2n) is 7.01. The predicted octanol–water partition coefficient (Wildman–Crippen LogP) is 5.23. The molecule has 1 aliphatic rings. The third-order valence-corrected chi connectivity index (χ3v) is 9.31. The molecule has 1 aliphatic heterocycles. The Labute approximate surface area is 196 Å². The summed E-state index contributed by atoms with van der Waals surface area (Å²) in [6, 6.07) is 20.3. The molecule has 0 aromatic heterocycles. The average Bonchev–Trinajstić information content (AvgIpc) is 3.35. The van der Waals surface area contributed by atoms with Crippen molar-refractivity contribution in [2.75, 3.05) is 28.7 Å². The predicted molar refractivity (Wildman–Crippen MR) is 132 cm³/mol. The van der Waals surface area contributed by atoms with Crippen molar-refractivity contribution in [3.8, 4) is 5.75 Å². The van der Waals surface area contributed by atoms with Gasteiger partial charge >= 0.3 is 0 Å². The molecule has 9 heteroatoms. The lowest BCUT2D eigenvalue weighted by molar-refractivity contribution is 0.102. The van der Waals surface area contributed by atoms with Crippen molar-refractivity contribution in [1.82, 2.24) is 0 Å². The van der Waals surface area contributed by atoms with Crippen LogP contribution in [0.5, 0.6) is 5.75 Å². The fraction of sp³-hybridized carbons (Fsp3) is 0.174. The van der Waals surface area contributed by atoms with Crippen LogP contribution in [0.1, 0.15) is 20.5 Å². The number of carbonyl (C=O) groups excluding carboxylic acids is 1. The summed E-state index contributed by atoms with van der Waals surface area (Å²) < 4.78 is 33.3. The lowest BCUT2D eigenvalue weighted by Gasteiger charge is -2.12. The first kappa shape index (κ1) is 22.6. The number of sulfonamides is 1. The van der Waals surface area contributed by atoms with Gasteiger partial charge in [0.2, 0.25) is 0 Å². The minimum absolute atomic E-state index is 0.0714. The summed E-state index contributed by atoms with van der Waals surface area (Å²) in [4.78, 5) is 12.7. The number of hydrogen-bond donors (Lipinski definition) is 2. The third-order valence-electron chi connectivity index (χ3n) is 4.81. The van der Waals surface area contributed by atoms with Gasteiger partial charge in [0.05, 0.1) is 16.6 Å². The Morgan fingerprint density at radius 1 is 0.938 bits per heavy atom. The van der Waals surface area contributed by atoms with Crippen molar-refractivity contribution >= 4 is 50.8 Å². The lowest BCUT2D eigenvalue weighted by atomic mass is 10.2. The van der Waals surface area contributed by atoms with Crippen LogP contribution in [-0.4, -0.2) is 32.9 Å². The molecule has 0 unspecified atom stereocenters. The molecule has 0 spiro atoms. The maximum Gasteiger partial charge on any atom is 0.261 e. The van der Waals surface area contributed by atoms with Crippen molar-refractivity contribution in [3.63, 3.8) is 0 Å². The zero-order valence-corrected chi connectivity index (χ0v) is 19.7. The van der Waals surface area contributed by atoms with Crippen LogP contribution >= 0.6 is 23.5 Å². The molecule has 32 heavy (non-hydrogen) atoms. The summed E-state index contributed by atoms with van der Waals surface area (Å²) in [5, 5.41) is 2.90. The Kier molecular flexibility index (Phi) is 6.98. The van der Waals surface area contributed by atoms with E-state index in [-0.39, 0.29) is 10.8 Å². The number of nitrogens with one attached hydrogen (secondary N) is 2. The number of amides is 1. The Morgan fingerprint density at radius 3 is 2.28 bits per heavy atom. The summed E-state index contributed by atoms with van der Waals surface area (Å²) in [6.45, 7) is 0. The van der Waals surface area contributed by atoms with Gasteiger partial charge in [0.15, 0.2) is 0 Å². The van der Waals surface area contributed by atoms with Gasteiger partial charge in [-0.15, -0.1) is 23.5 Å². The molecule has 166 valence electrons. The van der Waals surface area contributed by atoms with E-state index in [2.05, 4.69) is 16.1 Å². The fourth-order valence-corrected chi connectivity index (χ4v) is 7.07. The largest absolute Gasteiger partial charge is 0.497 e. The van der Waals surface area contributed by atoms with Crippen LogP contribution in [0.4, 0.5) is 11.4 Å². The monoisotopic (exact) mass is 486 g/mol. The Morgan fingerprint density at radius 2 is 1.62 bits per heavy atom. The van der Waals surface area contributed by atoms with Crippen LogP contribution in [0.15, 0.2) is 77.7 Å². The number of hydrogen-bond acceptors (Lipinski definition) is 6.